The number of amides is 1. The minimum atomic E-state index is -0.00750. The molecular formula is C19H22N6O. The van der Waals surface area contributed by atoms with Crippen molar-refractivity contribution in [3.63, 3.8) is 0 Å². The Morgan fingerprint density at radius 1 is 1.12 bits per heavy atom. The van der Waals surface area contributed by atoms with Crippen LogP contribution in [0.1, 0.15) is 30.9 Å². The Morgan fingerprint density at radius 2 is 1.88 bits per heavy atom. The lowest BCUT2D eigenvalue weighted by Gasteiger charge is -2.34. The zero-order chi connectivity index (χ0) is 17.9. The summed E-state index contributed by atoms with van der Waals surface area (Å²) in [7, 11) is 0. The molecule has 1 atom stereocenters. The summed E-state index contributed by atoms with van der Waals surface area (Å²) in [6.07, 6.45) is 5.67. The maximum atomic E-state index is 13.0. The number of rotatable bonds is 3. The van der Waals surface area contributed by atoms with Crippen LogP contribution in [0.4, 0.5) is 11.6 Å². The van der Waals surface area contributed by atoms with Gasteiger partial charge in [0.25, 0.3) is 0 Å². The molecule has 2 aliphatic heterocycles. The maximum Gasteiger partial charge on any atom is 0.246 e. The average molecular weight is 350 g/mol. The number of nitrogen functional groups attached to an aromatic ring is 1. The van der Waals surface area contributed by atoms with E-state index in [1.807, 2.05) is 24.4 Å². The predicted molar refractivity (Wildman–Crippen MR) is 101 cm³/mol. The molecule has 1 aromatic heterocycles. The molecule has 1 unspecified atom stereocenters. The highest BCUT2D eigenvalue weighted by molar-refractivity contribution is 5.82. The van der Waals surface area contributed by atoms with Crippen LogP contribution >= 0.6 is 0 Å². The number of piperidine rings is 1. The second-order valence-corrected chi connectivity index (χ2v) is 6.71. The lowest BCUT2D eigenvalue weighted by atomic mass is 9.94. The SMILES string of the molecule is Nc1cc(N2CCC(C(=O)N3N=CCC3c3ccccc3)CC2)ncn1. The van der Waals surface area contributed by atoms with E-state index in [9.17, 15) is 4.79 Å². The zero-order valence-electron chi connectivity index (χ0n) is 14.5. The molecular weight excluding hydrogens is 328 g/mol. The molecule has 0 bridgehead atoms. The van der Waals surface area contributed by atoms with Crippen LogP contribution < -0.4 is 10.6 Å². The molecule has 0 radical (unpaired) electrons. The van der Waals surface area contributed by atoms with Crippen molar-refractivity contribution < 1.29 is 4.79 Å². The first-order chi connectivity index (χ1) is 12.7. The van der Waals surface area contributed by atoms with Crippen molar-refractivity contribution in [2.75, 3.05) is 23.7 Å². The van der Waals surface area contributed by atoms with Gasteiger partial charge in [0.15, 0.2) is 0 Å². The molecule has 4 rings (SSSR count). The molecule has 3 heterocycles. The number of carbonyl (C=O) groups is 1. The molecule has 0 aliphatic carbocycles. The third kappa shape index (κ3) is 3.24. The molecule has 1 aromatic carbocycles. The Balaban J connectivity index is 1.41. The van der Waals surface area contributed by atoms with Crippen molar-refractivity contribution in [3.05, 3.63) is 48.3 Å². The second-order valence-electron chi connectivity index (χ2n) is 6.71. The maximum absolute atomic E-state index is 13.0. The van der Waals surface area contributed by atoms with Crippen molar-refractivity contribution in [2.24, 2.45) is 11.0 Å². The van der Waals surface area contributed by atoms with E-state index in [1.165, 1.54) is 6.33 Å². The molecule has 2 N–H and O–H groups in total. The third-order valence-electron chi connectivity index (χ3n) is 5.08. The second kappa shape index (κ2) is 7.11. The van der Waals surface area contributed by atoms with E-state index in [-0.39, 0.29) is 17.9 Å². The van der Waals surface area contributed by atoms with Crippen LogP contribution in [0.3, 0.4) is 0 Å². The van der Waals surface area contributed by atoms with E-state index in [2.05, 4.69) is 32.1 Å². The Morgan fingerprint density at radius 3 is 2.62 bits per heavy atom. The van der Waals surface area contributed by atoms with Crippen molar-refractivity contribution in [1.82, 2.24) is 15.0 Å². The number of hydrogen-bond donors (Lipinski definition) is 1. The number of carbonyl (C=O) groups excluding carboxylic acids is 1. The average Bonchev–Trinajstić information content (AvgIpc) is 3.18. The van der Waals surface area contributed by atoms with Gasteiger partial charge < -0.3 is 10.6 Å². The molecule has 1 fully saturated rings. The predicted octanol–water partition coefficient (Wildman–Crippen LogP) is 2.23. The summed E-state index contributed by atoms with van der Waals surface area (Å²) >= 11 is 0. The van der Waals surface area contributed by atoms with Crippen molar-refractivity contribution in [1.29, 1.82) is 0 Å². The largest absolute Gasteiger partial charge is 0.384 e. The minimum absolute atomic E-state index is 0.00750. The van der Waals surface area contributed by atoms with Gasteiger partial charge in [-0.1, -0.05) is 30.3 Å². The molecule has 2 aromatic rings. The van der Waals surface area contributed by atoms with Crippen LogP contribution in [0, 0.1) is 5.92 Å². The molecule has 0 spiro atoms. The summed E-state index contributed by atoms with van der Waals surface area (Å²) in [5.41, 5.74) is 6.87. The number of hydrazone groups is 1. The van der Waals surface area contributed by atoms with Gasteiger partial charge >= 0.3 is 0 Å². The summed E-state index contributed by atoms with van der Waals surface area (Å²) < 4.78 is 0. The summed E-state index contributed by atoms with van der Waals surface area (Å²) in [5.74, 6) is 1.40. The van der Waals surface area contributed by atoms with Gasteiger partial charge in [-0.3, -0.25) is 4.79 Å². The fraction of sp³-hybridized carbons (Fsp3) is 0.368. The number of anilines is 2. The van der Waals surface area contributed by atoms with E-state index in [1.54, 1.807) is 11.1 Å². The van der Waals surface area contributed by atoms with Gasteiger partial charge in [0.05, 0.1) is 6.04 Å². The Kier molecular flexibility index (Phi) is 4.51. The molecule has 1 saturated heterocycles. The van der Waals surface area contributed by atoms with Crippen LogP contribution in [-0.2, 0) is 4.79 Å². The molecule has 26 heavy (non-hydrogen) atoms. The first-order valence-electron chi connectivity index (χ1n) is 8.95. The first-order valence-corrected chi connectivity index (χ1v) is 8.95. The van der Waals surface area contributed by atoms with Gasteiger partial charge in [-0.05, 0) is 18.4 Å². The number of aromatic nitrogens is 2. The van der Waals surface area contributed by atoms with E-state index in [0.717, 1.165) is 43.7 Å². The fourth-order valence-corrected chi connectivity index (χ4v) is 3.66. The standard InChI is InChI=1S/C19H22N6O/c20-17-12-18(22-13-21-17)24-10-7-15(8-11-24)19(26)25-16(6-9-23-25)14-4-2-1-3-5-14/h1-5,9,12-13,15-16H,6-8,10-11H2,(H2,20,21,22). The van der Waals surface area contributed by atoms with E-state index < -0.39 is 0 Å². The summed E-state index contributed by atoms with van der Waals surface area (Å²) in [5, 5.41) is 6.04. The summed E-state index contributed by atoms with van der Waals surface area (Å²) in [4.78, 5) is 23.4. The van der Waals surface area contributed by atoms with Crippen molar-refractivity contribution in [2.45, 2.75) is 25.3 Å². The lowest BCUT2D eigenvalue weighted by molar-refractivity contribution is -0.138. The molecule has 134 valence electrons. The molecule has 7 heteroatoms. The highest BCUT2D eigenvalue weighted by Crippen LogP contribution is 2.32. The van der Waals surface area contributed by atoms with Crippen LogP contribution in [0.2, 0.25) is 0 Å². The fourth-order valence-electron chi connectivity index (χ4n) is 3.66. The highest BCUT2D eigenvalue weighted by Gasteiger charge is 2.34. The number of hydrogen-bond acceptors (Lipinski definition) is 6. The zero-order valence-corrected chi connectivity index (χ0v) is 14.5. The Hall–Kier alpha value is -2.96. The monoisotopic (exact) mass is 350 g/mol. The topological polar surface area (TPSA) is 87.7 Å². The van der Waals surface area contributed by atoms with Gasteiger partial charge in [0.2, 0.25) is 5.91 Å². The number of nitrogens with zero attached hydrogens (tertiary/aromatic N) is 5. The Labute approximate surface area is 152 Å². The van der Waals surface area contributed by atoms with Gasteiger partial charge in [-0.2, -0.15) is 5.10 Å². The van der Waals surface area contributed by atoms with Gasteiger partial charge in [0.1, 0.15) is 18.0 Å². The Bertz CT molecular complexity index is 801. The quantitative estimate of drug-likeness (QED) is 0.917. The first kappa shape index (κ1) is 16.5. The molecule has 0 saturated carbocycles. The normalized spacial score (nSPS) is 20.5. The van der Waals surface area contributed by atoms with Crippen LogP contribution in [-0.4, -0.2) is 40.2 Å². The van der Waals surface area contributed by atoms with E-state index in [0.29, 0.717) is 5.82 Å². The smallest absolute Gasteiger partial charge is 0.246 e. The van der Waals surface area contributed by atoms with Crippen LogP contribution in [0.25, 0.3) is 0 Å². The van der Waals surface area contributed by atoms with Gasteiger partial charge in [-0.25, -0.2) is 15.0 Å². The summed E-state index contributed by atoms with van der Waals surface area (Å²) in [6.45, 7) is 1.56. The highest BCUT2D eigenvalue weighted by atomic mass is 16.2. The van der Waals surface area contributed by atoms with Crippen LogP contribution in [0.15, 0.2) is 47.8 Å². The molecule has 2 aliphatic rings. The molecule has 1 amide bonds. The van der Waals surface area contributed by atoms with Gasteiger partial charge in [0, 0.05) is 37.7 Å². The van der Waals surface area contributed by atoms with Crippen LogP contribution in [0.5, 0.6) is 0 Å². The van der Waals surface area contributed by atoms with E-state index in [4.69, 9.17) is 5.73 Å². The third-order valence-corrected chi connectivity index (χ3v) is 5.08. The molecule has 7 nitrogen and oxygen atoms in total. The van der Waals surface area contributed by atoms with Crippen molar-refractivity contribution in [3.8, 4) is 0 Å². The van der Waals surface area contributed by atoms with Crippen molar-refractivity contribution >= 4 is 23.8 Å². The number of benzene rings is 1. The lowest BCUT2D eigenvalue weighted by Crippen LogP contribution is -2.41. The van der Waals surface area contributed by atoms with Gasteiger partial charge in [-0.15, -0.1) is 0 Å². The minimum Gasteiger partial charge on any atom is -0.384 e. The van der Waals surface area contributed by atoms with E-state index >= 15 is 0 Å². The summed E-state index contributed by atoms with van der Waals surface area (Å²) in [6, 6.07) is 11.9. The number of nitrogens with two attached hydrogens (primary N) is 1.